The second-order valence-electron chi connectivity index (χ2n) is 22.6. The number of allylic oxidation sites excluding steroid dienone is 1. The van der Waals surface area contributed by atoms with Crippen LogP contribution in [0.5, 0.6) is 0 Å². The molecule has 0 saturated heterocycles. The van der Waals surface area contributed by atoms with Crippen LogP contribution in [0.15, 0.2) is 12.2 Å². The maximum atomic E-state index is 12.5. The van der Waals surface area contributed by atoms with Gasteiger partial charge in [-0.2, -0.15) is 0 Å². The summed E-state index contributed by atoms with van der Waals surface area (Å²) in [7, 11) is 0. The minimum atomic E-state index is -0.837. The van der Waals surface area contributed by atoms with E-state index < -0.39 is 12.1 Å². The highest BCUT2D eigenvalue weighted by molar-refractivity contribution is 5.76. The highest BCUT2D eigenvalue weighted by Gasteiger charge is 2.18. The first-order valence-corrected chi connectivity index (χ1v) is 32.4. The molecule has 0 aliphatic heterocycles. The Hall–Kier alpha value is -0.870. The molecule has 0 aromatic rings. The highest BCUT2D eigenvalue weighted by Crippen LogP contribution is 2.19. The van der Waals surface area contributed by atoms with Crippen LogP contribution in [0.3, 0.4) is 0 Å². The number of aliphatic hydroxyl groups excluding tert-OH is 2. The van der Waals surface area contributed by atoms with Crippen LogP contribution < -0.4 is 5.32 Å². The van der Waals surface area contributed by atoms with Crippen molar-refractivity contribution in [2.75, 3.05) is 6.61 Å². The van der Waals surface area contributed by atoms with E-state index in [1.54, 1.807) is 6.08 Å². The fourth-order valence-electron chi connectivity index (χ4n) is 10.6. The van der Waals surface area contributed by atoms with Gasteiger partial charge in [-0.15, -0.1) is 0 Å². The van der Waals surface area contributed by atoms with Crippen LogP contribution in [-0.4, -0.2) is 34.9 Å². The molecular formula is C65H129NO3. The van der Waals surface area contributed by atoms with Crippen molar-refractivity contribution in [2.24, 2.45) is 0 Å². The molecule has 0 saturated carbocycles. The van der Waals surface area contributed by atoms with Crippen molar-refractivity contribution < 1.29 is 15.0 Å². The maximum absolute atomic E-state index is 12.5. The molecule has 412 valence electrons. The van der Waals surface area contributed by atoms with Crippen LogP contribution in [-0.2, 0) is 4.79 Å². The average Bonchev–Trinajstić information content (AvgIpc) is 3.35. The standard InChI is InChI=1S/C65H129NO3/c1-3-5-7-9-11-13-15-17-19-21-23-25-27-29-30-31-32-33-34-35-37-38-40-42-44-46-48-50-52-54-56-58-60-64(68)63(62-67)66-65(69)61-59-57-55-53-51-49-47-45-43-41-39-36-28-26-24-22-20-18-16-14-12-10-8-6-4-2/h58,60,63-64,67-68H,3-57,59,61-62H2,1-2H3,(H,66,69)/b60-58+. The van der Waals surface area contributed by atoms with Crippen molar-refractivity contribution >= 4 is 5.91 Å². The molecule has 0 fully saturated rings. The molecule has 0 rings (SSSR count). The van der Waals surface area contributed by atoms with Crippen LogP contribution in [0, 0.1) is 0 Å². The summed E-state index contributed by atoms with van der Waals surface area (Å²) < 4.78 is 0. The van der Waals surface area contributed by atoms with Crippen LogP contribution in [0.1, 0.15) is 380 Å². The van der Waals surface area contributed by atoms with E-state index in [9.17, 15) is 15.0 Å². The Morgan fingerprint density at radius 1 is 0.333 bits per heavy atom. The Kier molecular flexibility index (Phi) is 60.7. The number of rotatable bonds is 61. The van der Waals surface area contributed by atoms with Crippen molar-refractivity contribution in [1.82, 2.24) is 5.32 Å². The van der Waals surface area contributed by atoms with E-state index in [-0.39, 0.29) is 12.5 Å². The lowest BCUT2D eigenvalue weighted by Crippen LogP contribution is -2.45. The van der Waals surface area contributed by atoms with E-state index >= 15 is 0 Å². The Labute approximate surface area is 435 Å². The summed E-state index contributed by atoms with van der Waals surface area (Å²) in [5.74, 6) is -0.0541. The number of aliphatic hydroxyl groups is 2. The molecular weight excluding hydrogens is 843 g/mol. The fourth-order valence-corrected chi connectivity index (χ4v) is 10.6. The molecule has 0 spiro atoms. The van der Waals surface area contributed by atoms with E-state index in [0.29, 0.717) is 6.42 Å². The van der Waals surface area contributed by atoms with Crippen molar-refractivity contribution in [3.63, 3.8) is 0 Å². The summed E-state index contributed by atoms with van der Waals surface area (Å²) in [4.78, 5) is 12.5. The van der Waals surface area contributed by atoms with Crippen LogP contribution in [0.2, 0.25) is 0 Å². The Morgan fingerprint density at radius 3 is 0.754 bits per heavy atom. The van der Waals surface area contributed by atoms with Crippen LogP contribution >= 0.6 is 0 Å². The first-order chi connectivity index (χ1) is 34.2. The summed E-state index contributed by atoms with van der Waals surface area (Å²) in [5, 5.41) is 23.3. The highest BCUT2D eigenvalue weighted by atomic mass is 16.3. The predicted octanol–water partition coefficient (Wildman–Crippen LogP) is 21.7. The zero-order valence-corrected chi connectivity index (χ0v) is 47.6. The maximum Gasteiger partial charge on any atom is 0.220 e. The zero-order valence-electron chi connectivity index (χ0n) is 47.6. The van der Waals surface area contributed by atoms with Gasteiger partial charge in [0.2, 0.25) is 5.91 Å². The van der Waals surface area contributed by atoms with Gasteiger partial charge in [0, 0.05) is 6.42 Å². The molecule has 4 heteroatoms. The number of nitrogens with one attached hydrogen (secondary N) is 1. The smallest absolute Gasteiger partial charge is 0.220 e. The normalized spacial score (nSPS) is 12.7. The van der Waals surface area contributed by atoms with E-state index in [0.717, 1.165) is 25.7 Å². The lowest BCUT2D eigenvalue weighted by molar-refractivity contribution is -0.123. The molecule has 1 amide bonds. The first-order valence-electron chi connectivity index (χ1n) is 32.4. The van der Waals surface area contributed by atoms with Crippen molar-refractivity contribution in [3.05, 3.63) is 12.2 Å². The molecule has 0 aromatic carbocycles. The number of amides is 1. The van der Waals surface area contributed by atoms with Crippen LogP contribution in [0.25, 0.3) is 0 Å². The van der Waals surface area contributed by atoms with Gasteiger partial charge >= 0.3 is 0 Å². The van der Waals surface area contributed by atoms with Gasteiger partial charge in [0.15, 0.2) is 0 Å². The second kappa shape index (κ2) is 61.4. The molecule has 0 heterocycles. The van der Waals surface area contributed by atoms with Gasteiger partial charge in [0.05, 0.1) is 18.8 Å². The van der Waals surface area contributed by atoms with Gasteiger partial charge in [0.25, 0.3) is 0 Å². The minimum absolute atomic E-state index is 0.0541. The van der Waals surface area contributed by atoms with Crippen molar-refractivity contribution in [1.29, 1.82) is 0 Å². The molecule has 2 unspecified atom stereocenters. The Balaban J connectivity index is 3.41. The molecule has 4 nitrogen and oxygen atoms in total. The van der Waals surface area contributed by atoms with E-state index in [4.69, 9.17) is 0 Å². The van der Waals surface area contributed by atoms with Gasteiger partial charge in [-0.05, 0) is 19.3 Å². The predicted molar refractivity (Wildman–Crippen MR) is 309 cm³/mol. The fraction of sp³-hybridized carbons (Fsp3) is 0.954. The number of hydrogen-bond acceptors (Lipinski definition) is 3. The molecule has 0 radical (unpaired) electrons. The van der Waals surface area contributed by atoms with Crippen molar-refractivity contribution in [2.45, 2.75) is 392 Å². The SMILES string of the molecule is CCCCCCCCCCCCCCCCCCCCCCCCCCCCCCCC/C=C/C(O)C(CO)NC(=O)CCCCCCCCCCCCCCCCCCCCCCCCCCC. The summed E-state index contributed by atoms with van der Waals surface area (Å²) >= 11 is 0. The molecule has 69 heavy (non-hydrogen) atoms. The van der Waals surface area contributed by atoms with Gasteiger partial charge in [0.1, 0.15) is 0 Å². The minimum Gasteiger partial charge on any atom is -0.394 e. The van der Waals surface area contributed by atoms with E-state index in [2.05, 4.69) is 19.2 Å². The topological polar surface area (TPSA) is 69.6 Å². The number of hydrogen-bond donors (Lipinski definition) is 3. The molecule has 0 bridgehead atoms. The summed E-state index contributed by atoms with van der Waals surface area (Å²) in [6.45, 7) is 4.36. The molecule has 0 aliphatic carbocycles. The lowest BCUT2D eigenvalue weighted by atomic mass is 10.0. The number of unbranched alkanes of at least 4 members (excludes halogenated alkanes) is 54. The van der Waals surface area contributed by atoms with E-state index in [1.807, 2.05) is 6.08 Å². The quantitative estimate of drug-likeness (QED) is 0.0420. The van der Waals surface area contributed by atoms with Crippen LogP contribution in [0.4, 0.5) is 0 Å². The molecule has 2 atom stereocenters. The molecule has 3 N–H and O–H groups in total. The van der Waals surface area contributed by atoms with Gasteiger partial charge in [-0.25, -0.2) is 0 Å². The Bertz CT molecular complexity index is 967. The summed E-state index contributed by atoms with van der Waals surface area (Å²) in [6.07, 6.45) is 81.4. The lowest BCUT2D eigenvalue weighted by Gasteiger charge is -2.20. The van der Waals surface area contributed by atoms with Gasteiger partial charge in [-0.3, -0.25) is 4.79 Å². The summed E-state index contributed by atoms with van der Waals surface area (Å²) in [5.41, 5.74) is 0. The third-order valence-corrected chi connectivity index (χ3v) is 15.5. The first kappa shape index (κ1) is 68.1. The average molecular weight is 973 g/mol. The third-order valence-electron chi connectivity index (χ3n) is 15.5. The number of carbonyl (C=O) groups excluding carboxylic acids is 1. The molecule has 0 aromatic heterocycles. The van der Waals surface area contributed by atoms with Gasteiger partial charge in [-0.1, -0.05) is 366 Å². The third kappa shape index (κ3) is 57.9. The number of carbonyl (C=O) groups is 1. The largest absolute Gasteiger partial charge is 0.394 e. The van der Waals surface area contributed by atoms with E-state index in [1.165, 1.54) is 334 Å². The summed E-state index contributed by atoms with van der Waals surface area (Å²) in [6, 6.07) is -0.619. The monoisotopic (exact) mass is 972 g/mol. The zero-order chi connectivity index (χ0) is 49.9. The Morgan fingerprint density at radius 2 is 0.536 bits per heavy atom. The second-order valence-corrected chi connectivity index (χ2v) is 22.6. The van der Waals surface area contributed by atoms with Gasteiger partial charge < -0.3 is 15.5 Å². The molecule has 0 aliphatic rings. The van der Waals surface area contributed by atoms with Crippen molar-refractivity contribution in [3.8, 4) is 0 Å².